The van der Waals surface area contributed by atoms with Crippen LogP contribution in [0.15, 0.2) is 34.2 Å². The maximum absolute atomic E-state index is 12.7. The predicted molar refractivity (Wildman–Crippen MR) is 126 cm³/mol. The summed E-state index contributed by atoms with van der Waals surface area (Å²) in [5.41, 5.74) is 3.07. The molecule has 1 amide bonds. The van der Waals surface area contributed by atoms with E-state index in [0.29, 0.717) is 5.92 Å². The maximum Gasteiger partial charge on any atom is 0.225 e. The first-order valence-electron chi connectivity index (χ1n) is 11.1. The molecule has 5 nitrogen and oxygen atoms in total. The number of aromatic nitrogens is 1. The molecule has 166 valence electrons. The lowest BCUT2D eigenvalue weighted by molar-refractivity contribution is -0.129. The van der Waals surface area contributed by atoms with Gasteiger partial charge in [0.25, 0.3) is 0 Å². The lowest BCUT2D eigenvalue weighted by atomic mass is 9.87. The van der Waals surface area contributed by atoms with E-state index in [1.807, 2.05) is 32.3 Å². The molecule has 1 atom stereocenters. The Morgan fingerprint density at radius 1 is 1.29 bits per heavy atom. The highest BCUT2D eigenvalue weighted by atomic mass is 32.1. The number of carbonyl (C=O) groups is 1. The average Bonchev–Trinajstić information content (AvgIpc) is 3.35. The molecular formula is C25H33N3O2S. The standard InChI is InChI=1S/C25H33N3O2S/c1-16-6-7-20-19(14-16)17(2)21(30-20)15-28-11-8-18(9-12-28)22(23-26-10-13-31-23)27-24(29)25(3,4)5/h6-7,10,13-14,18,22H,8-9,11-12,15H2,1-5H3,(H,27,29). The molecule has 1 aromatic carbocycles. The number of carbonyl (C=O) groups excluding carboxylic acids is 1. The van der Waals surface area contributed by atoms with Gasteiger partial charge in [-0.05, 0) is 63.4 Å². The number of amides is 1. The van der Waals surface area contributed by atoms with E-state index in [0.717, 1.165) is 48.8 Å². The number of rotatable bonds is 5. The van der Waals surface area contributed by atoms with Gasteiger partial charge in [0.1, 0.15) is 16.4 Å². The third-order valence-electron chi connectivity index (χ3n) is 6.35. The number of fused-ring (bicyclic) bond motifs is 1. The number of hydrogen-bond donors (Lipinski definition) is 1. The minimum absolute atomic E-state index is 0.00946. The Morgan fingerprint density at radius 3 is 2.68 bits per heavy atom. The fourth-order valence-electron chi connectivity index (χ4n) is 4.31. The molecule has 1 aliphatic heterocycles. The Balaban J connectivity index is 1.43. The third-order valence-corrected chi connectivity index (χ3v) is 7.21. The van der Waals surface area contributed by atoms with Gasteiger partial charge < -0.3 is 9.73 Å². The van der Waals surface area contributed by atoms with Crippen molar-refractivity contribution in [1.29, 1.82) is 0 Å². The molecule has 0 bridgehead atoms. The van der Waals surface area contributed by atoms with Crippen molar-refractivity contribution in [1.82, 2.24) is 15.2 Å². The van der Waals surface area contributed by atoms with E-state index in [2.05, 4.69) is 47.2 Å². The molecule has 3 aromatic rings. The van der Waals surface area contributed by atoms with Crippen LogP contribution in [0.1, 0.15) is 61.5 Å². The first kappa shape index (κ1) is 22.0. The van der Waals surface area contributed by atoms with Gasteiger partial charge in [0.15, 0.2) is 0 Å². The second-order valence-electron chi connectivity index (χ2n) is 9.83. The van der Waals surface area contributed by atoms with E-state index in [9.17, 15) is 4.79 Å². The van der Waals surface area contributed by atoms with Gasteiger partial charge in [-0.15, -0.1) is 11.3 Å². The Kier molecular flexibility index (Phi) is 6.22. The van der Waals surface area contributed by atoms with Gasteiger partial charge in [-0.2, -0.15) is 0 Å². The lowest BCUT2D eigenvalue weighted by Crippen LogP contribution is -2.43. The number of piperidine rings is 1. The molecule has 0 radical (unpaired) electrons. The monoisotopic (exact) mass is 439 g/mol. The summed E-state index contributed by atoms with van der Waals surface area (Å²) >= 11 is 1.63. The molecule has 1 saturated heterocycles. The minimum Gasteiger partial charge on any atom is -0.459 e. The number of nitrogens with one attached hydrogen (secondary N) is 1. The Bertz CT molecular complexity index is 1040. The van der Waals surface area contributed by atoms with Crippen LogP contribution in [0.3, 0.4) is 0 Å². The van der Waals surface area contributed by atoms with Gasteiger partial charge in [0, 0.05) is 22.4 Å². The normalized spacial score (nSPS) is 17.2. The van der Waals surface area contributed by atoms with Crippen LogP contribution in [0.25, 0.3) is 11.0 Å². The zero-order valence-electron chi connectivity index (χ0n) is 19.2. The zero-order chi connectivity index (χ0) is 22.2. The van der Waals surface area contributed by atoms with E-state index in [4.69, 9.17) is 4.42 Å². The van der Waals surface area contributed by atoms with Crippen LogP contribution in [0, 0.1) is 25.2 Å². The smallest absolute Gasteiger partial charge is 0.225 e. The molecule has 4 rings (SSSR count). The molecular weight excluding hydrogens is 406 g/mol. The molecule has 2 aromatic heterocycles. The number of thiazole rings is 1. The quantitative estimate of drug-likeness (QED) is 0.560. The third kappa shape index (κ3) is 4.85. The summed E-state index contributed by atoms with van der Waals surface area (Å²) in [6.07, 6.45) is 3.90. The summed E-state index contributed by atoms with van der Waals surface area (Å²) in [7, 11) is 0. The summed E-state index contributed by atoms with van der Waals surface area (Å²) < 4.78 is 6.17. The van der Waals surface area contributed by atoms with Crippen molar-refractivity contribution in [3.63, 3.8) is 0 Å². The van der Waals surface area contributed by atoms with Crippen molar-refractivity contribution in [2.24, 2.45) is 11.3 Å². The summed E-state index contributed by atoms with van der Waals surface area (Å²) in [6.45, 7) is 13.0. The molecule has 3 heterocycles. The lowest BCUT2D eigenvalue weighted by Gasteiger charge is -2.36. The van der Waals surface area contributed by atoms with Gasteiger partial charge in [-0.1, -0.05) is 32.4 Å². The van der Waals surface area contributed by atoms with Crippen molar-refractivity contribution < 1.29 is 9.21 Å². The largest absolute Gasteiger partial charge is 0.459 e. The van der Waals surface area contributed by atoms with Crippen molar-refractivity contribution >= 4 is 28.2 Å². The van der Waals surface area contributed by atoms with E-state index in [-0.39, 0.29) is 11.9 Å². The fourth-order valence-corrected chi connectivity index (χ4v) is 5.09. The van der Waals surface area contributed by atoms with Gasteiger partial charge >= 0.3 is 0 Å². The van der Waals surface area contributed by atoms with Crippen LogP contribution in [-0.2, 0) is 11.3 Å². The molecule has 1 unspecified atom stereocenters. The molecule has 1 fully saturated rings. The van der Waals surface area contributed by atoms with Gasteiger partial charge in [-0.3, -0.25) is 9.69 Å². The van der Waals surface area contributed by atoms with E-state index in [1.165, 1.54) is 16.5 Å². The van der Waals surface area contributed by atoms with Crippen LogP contribution in [0.5, 0.6) is 0 Å². The molecule has 1 aliphatic rings. The van der Waals surface area contributed by atoms with Crippen LogP contribution in [0.4, 0.5) is 0 Å². The number of furan rings is 1. The van der Waals surface area contributed by atoms with Gasteiger partial charge in [0.2, 0.25) is 5.91 Å². The molecule has 0 saturated carbocycles. The predicted octanol–water partition coefficient (Wildman–Crippen LogP) is 5.62. The Morgan fingerprint density at radius 2 is 2.03 bits per heavy atom. The number of benzene rings is 1. The second-order valence-corrected chi connectivity index (χ2v) is 10.8. The van der Waals surface area contributed by atoms with E-state index in [1.54, 1.807) is 11.3 Å². The van der Waals surface area contributed by atoms with Crippen molar-refractivity contribution in [3.05, 3.63) is 51.7 Å². The molecule has 6 heteroatoms. The maximum atomic E-state index is 12.7. The summed E-state index contributed by atoms with van der Waals surface area (Å²) in [6, 6.07) is 6.37. The SMILES string of the molecule is Cc1ccc2oc(CN3CCC(C(NC(=O)C(C)(C)C)c4nccs4)CC3)c(C)c2c1. The van der Waals surface area contributed by atoms with Crippen LogP contribution in [-0.4, -0.2) is 28.9 Å². The first-order chi connectivity index (χ1) is 14.7. The average molecular weight is 440 g/mol. The number of aryl methyl sites for hydroxylation is 2. The van der Waals surface area contributed by atoms with Gasteiger partial charge in [-0.25, -0.2) is 4.98 Å². The zero-order valence-corrected chi connectivity index (χ0v) is 20.0. The first-order valence-corrected chi connectivity index (χ1v) is 12.0. The second kappa shape index (κ2) is 8.75. The highest BCUT2D eigenvalue weighted by Crippen LogP contribution is 2.34. The topological polar surface area (TPSA) is 58.4 Å². The highest BCUT2D eigenvalue weighted by Gasteiger charge is 2.33. The number of likely N-dealkylation sites (tertiary alicyclic amines) is 1. The molecule has 31 heavy (non-hydrogen) atoms. The Hall–Kier alpha value is -2.18. The summed E-state index contributed by atoms with van der Waals surface area (Å²) in [5, 5.41) is 7.52. The minimum atomic E-state index is -0.409. The number of nitrogens with zero attached hydrogens (tertiary/aromatic N) is 2. The summed E-state index contributed by atoms with van der Waals surface area (Å²) in [4.78, 5) is 19.7. The van der Waals surface area contributed by atoms with E-state index >= 15 is 0 Å². The van der Waals surface area contributed by atoms with Crippen LogP contribution < -0.4 is 5.32 Å². The van der Waals surface area contributed by atoms with Crippen molar-refractivity contribution in [2.45, 2.75) is 60.0 Å². The summed E-state index contributed by atoms with van der Waals surface area (Å²) in [5.74, 6) is 1.55. The molecule has 0 aliphatic carbocycles. The van der Waals surface area contributed by atoms with Crippen LogP contribution in [0.2, 0.25) is 0 Å². The highest BCUT2D eigenvalue weighted by molar-refractivity contribution is 7.09. The van der Waals surface area contributed by atoms with Crippen molar-refractivity contribution in [2.75, 3.05) is 13.1 Å². The van der Waals surface area contributed by atoms with E-state index < -0.39 is 5.41 Å². The Labute approximate surface area is 188 Å². The molecule has 1 N–H and O–H groups in total. The molecule has 0 spiro atoms. The van der Waals surface area contributed by atoms with Crippen molar-refractivity contribution in [3.8, 4) is 0 Å². The van der Waals surface area contributed by atoms with Crippen LogP contribution >= 0.6 is 11.3 Å². The number of hydrogen-bond acceptors (Lipinski definition) is 5. The fraction of sp³-hybridized carbons (Fsp3) is 0.520. The van der Waals surface area contributed by atoms with Gasteiger partial charge in [0.05, 0.1) is 12.6 Å².